The van der Waals surface area contributed by atoms with Crippen molar-refractivity contribution < 1.29 is 19.4 Å². The molecule has 1 aromatic heterocycles. The third-order valence-electron chi connectivity index (χ3n) is 5.46. The van der Waals surface area contributed by atoms with E-state index in [1.165, 1.54) is 7.11 Å². The summed E-state index contributed by atoms with van der Waals surface area (Å²) in [4.78, 5) is 18.5. The van der Waals surface area contributed by atoms with Crippen LogP contribution in [0.25, 0.3) is 0 Å². The summed E-state index contributed by atoms with van der Waals surface area (Å²) in [7, 11) is 1.48. The minimum atomic E-state index is -0.787. The number of hydrogen-bond acceptors (Lipinski definition) is 6. The Hall–Kier alpha value is -1.41. The summed E-state index contributed by atoms with van der Waals surface area (Å²) in [5.41, 5.74) is -1.38. The molecule has 26 heavy (non-hydrogen) atoms. The van der Waals surface area contributed by atoms with Gasteiger partial charge in [-0.2, -0.15) is 0 Å². The molecule has 2 aliphatic rings. The van der Waals surface area contributed by atoms with E-state index in [9.17, 15) is 9.90 Å². The molecule has 8 heteroatoms. The lowest BCUT2D eigenvalue weighted by Crippen LogP contribution is -2.69. The van der Waals surface area contributed by atoms with Crippen LogP contribution in [0, 0.1) is 0 Å². The Balaban J connectivity index is 1.68. The highest BCUT2D eigenvalue weighted by Gasteiger charge is 2.53. The fourth-order valence-corrected chi connectivity index (χ4v) is 4.08. The zero-order valence-electron chi connectivity index (χ0n) is 15.2. The first-order chi connectivity index (χ1) is 12.4. The molecule has 2 atom stereocenters. The Morgan fingerprint density at radius 1 is 1.46 bits per heavy atom. The van der Waals surface area contributed by atoms with E-state index in [-0.39, 0.29) is 12.5 Å². The average molecular weight is 384 g/mol. The number of methoxy groups -OCH3 is 1. The summed E-state index contributed by atoms with van der Waals surface area (Å²) in [6.45, 7) is 3.79. The van der Waals surface area contributed by atoms with Crippen molar-refractivity contribution in [2.75, 3.05) is 38.3 Å². The Labute approximate surface area is 158 Å². The smallest absolute Gasteiger partial charge is 0.246 e. The second-order valence-electron chi connectivity index (χ2n) is 7.29. The normalized spacial score (nSPS) is 28.2. The van der Waals surface area contributed by atoms with Gasteiger partial charge in [0.15, 0.2) is 0 Å². The highest BCUT2D eigenvalue weighted by atomic mass is 35.5. The molecule has 2 N–H and O–H groups in total. The van der Waals surface area contributed by atoms with E-state index in [2.05, 4.69) is 15.2 Å². The predicted molar refractivity (Wildman–Crippen MR) is 98.4 cm³/mol. The summed E-state index contributed by atoms with van der Waals surface area (Å²) in [5.74, 6) is 0.639. The number of anilines is 1. The highest BCUT2D eigenvalue weighted by molar-refractivity contribution is 6.30. The zero-order valence-corrected chi connectivity index (χ0v) is 16.0. The van der Waals surface area contributed by atoms with Crippen molar-refractivity contribution >= 4 is 23.3 Å². The van der Waals surface area contributed by atoms with Crippen molar-refractivity contribution in [1.29, 1.82) is 0 Å². The lowest BCUT2D eigenvalue weighted by atomic mass is 9.73. The molecule has 1 aromatic rings. The molecule has 0 radical (unpaired) electrons. The van der Waals surface area contributed by atoms with Crippen LogP contribution >= 0.6 is 11.6 Å². The molecule has 0 aliphatic carbocycles. The van der Waals surface area contributed by atoms with Crippen molar-refractivity contribution in [3.63, 3.8) is 0 Å². The first-order valence-electron chi connectivity index (χ1n) is 8.87. The molecule has 1 amide bonds. The van der Waals surface area contributed by atoms with Crippen LogP contribution in [0.1, 0.15) is 26.2 Å². The number of carbonyl (C=O) groups is 1. The number of piperidine rings is 1. The van der Waals surface area contributed by atoms with Crippen LogP contribution in [0.15, 0.2) is 18.3 Å². The average Bonchev–Trinajstić information content (AvgIpc) is 2.61. The molecular formula is C18H26ClN3O4. The Morgan fingerprint density at radius 3 is 2.81 bits per heavy atom. The van der Waals surface area contributed by atoms with Gasteiger partial charge in [0.25, 0.3) is 0 Å². The maximum Gasteiger partial charge on any atom is 0.246 e. The van der Waals surface area contributed by atoms with Crippen LogP contribution in [0.3, 0.4) is 0 Å². The maximum absolute atomic E-state index is 12.0. The minimum Gasteiger partial charge on any atom is -0.388 e. The lowest BCUT2D eigenvalue weighted by molar-refractivity contribution is -0.198. The summed E-state index contributed by atoms with van der Waals surface area (Å²) in [6.07, 6.45) is 2.73. The summed E-state index contributed by atoms with van der Waals surface area (Å²) in [5, 5.41) is 14.6. The number of ether oxygens (including phenoxy) is 2. The molecule has 2 saturated heterocycles. The number of nitrogens with zero attached hydrogens (tertiary/aromatic N) is 2. The quantitative estimate of drug-likeness (QED) is 0.817. The van der Waals surface area contributed by atoms with Gasteiger partial charge in [0, 0.05) is 33.0 Å². The van der Waals surface area contributed by atoms with Crippen LogP contribution in [0.4, 0.5) is 5.82 Å². The van der Waals surface area contributed by atoms with Crippen molar-refractivity contribution in [3.05, 3.63) is 23.4 Å². The number of nitrogens with one attached hydrogen (secondary N) is 1. The van der Waals surface area contributed by atoms with Crippen molar-refractivity contribution in [2.24, 2.45) is 0 Å². The minimum absolute atomic E-state index is 0.0216. The van der Waals surface area contributed by atoms with Crippen LogP contribution < -0.4 is 10.2 Å². The van der Waals surface area contributed by atoms with Crippen LogP contribution in [0.2, 0.25) is 5.02 Å². The van der Waals surface area contributed by atoms with Crippen LogP contribution in [0.5, 0.6) is 0 Å². The van der Waals surface area contributed by atoms with Gasteiger partial charge in [0.1, 0.15) is 18.5 Å². The number of carbonyl (C=O) groups excluding carboxylic acids is 1. The second kappa shape index (κ2) is 7.68. The van der Waals surface area contributed by atoms with E-state index >= 15 is 0 Å². The van der Waals surface area contributed by atoms with Crippen LogP contribution in [-0.2, 0) is 14.3 Å². The van der Waals surface area contributed by atoms with Gasteiger partial charge < -0.3 is 24.8 Å². The number of hydrogen-bond donors (Lipinski definition) is 2. The first-order valence-corrected chi connectivity index (χ1v) is 9.25. The number of aromatic nitrogens is 1. The molecule has 3 rings (SSSR count). The van der Waals surface area contributed by atoms with E-state index in [4.69, 9.17) is 21.1 Å². The molecule has 1 spiro atoms. The van der Waals surface area contributed by atoms with Crippen LogP contribution in [-0.4, -0.2) is 66.7 Å². The molecule has 3 heterocycles. The van der Waals surface area contributed by atoms with E-state index < -0.39 is 17.2 Å². The molecule has 144 valence electrons. The van der Waals surface area contributed by atoms with E-state index in [1.807, 2.05) is 19.1 Å². The number of amides is 1. The molecule has 0 unspecified atom stereocenters. The Morgan fingerprint density at radius 2 is 2.19 bits per heavy atom. The highest BCUT2D eigenvalue weighted by Crippen LogP contribution is 2.40. The number of pyridine rings is 1. The van der Waals surface area contributed by atoms with E-state index in [0.29, 0.717) is 44.0 Å². The standard InChI is InChI=1S/C18H26ClN3O4/c1-17(21-15(23)12-25-2)7-10-26-18(16(17)24)5-8-22(9-6-18)14-4-3-13(19)11-20-14/h3-4,11,16,24H,5-10,12H2,1-2H3,(H,21,23)/t16-,17+/m0/s1. The van der Waals surface area contributed by atoms with E-state index in [0.717, 1.165) is 5.82 Å². The van der Waals surface area contributed by atoms with E-state index in [1.54, 1.807) is 6.20 Å². The third kappa shape index (κ3) is 3.81. The summed E-state index contributed by atoms with van der Waals surface area (Å²) in [6, 6.07) is 3.72. The SMILES string of the molecule is COCC(=O)N[C@]1(C)CCOC2(CCN(c3ccc(Cl)cn3)CC2)[C@H]1O. The second-order valence-corrected chi connectivity index (χ2v) is 7.72. The van der Waals surface area contributed by atoms with Gasteiger partial charge in [-0.25, -0.2) is 4.98 Å². The molecule has 0 saturated carbocycles. The largest absolute Gasteiger partial charge is 0.388 e. The number of aliphatic hydroxyl groups is 1. The summed E-state index contributed by atoms with van der Waals surface area (Å²) >= 11 is 5.90. The molecule has 0 bridgehead atoms. The Kier molecular flexibility index (Phi) is 5.72. The number of rotatable bonds is 4. The van der Waals surface area contributed by atoms with Crippen molar-refractivity contribution in [3.8, 4) is 0 Å². The molecule has 0 aromatic carbocycles. The monoisotopic (exact) mass is 383 g/mol. The van der Waals surface area contributed by atoms with Crippen molar-refractivity contribution in [2.45, 2.75) is 43.4 Å². The molecule has 2 fully saturated rings. The maximum atomic E-state index is 12.0. The molecule has 2 aliphatic heterocycles. The molecule has 7 nitrogen and oxygen atoms in total. The Bertz CT molecular complexity index is 634. The molecular weight excluding hydrogens is 358 g/mol. The predicted octanol–water partition coefficient (Wildman–Crippen LogP) is 1.38. The van der Waals surface area contributed by atoms with Gasteiger partial charge in [-0.3, -0.25) is 4.79 Å². The van der Waals surface area contributed by atoms with Gasteiger partial charge in [0.2, 0.25) is 5.91 Å². The van der Waals surface area contributed by atoms with Gasteiger partial charge in [-0.1, -0.05) is 11.6 Å². The van der Waals surface area contributed by atoms with Gasteiger partial charge >= 0.3 is 0 Å². The third-order valence-corrected chi connectivity index (χ3v) is 5.68. The number of halogens is 1. The fourth-order valence-electron chi connectivity index (χ4n) is 3.97. The number of aliphatic hydroxyl groups excluding tert-OH is 1. The van der Waals surface area contributed by atoms with Gasteiger partial charge in [0.05, 0.1) is 16.2 Å². The first kappa shape index (κ1) is 19.4. The topological polar surface area (TPSA) is 83.9 Å². The van der Waals surface area contributed by atoms with Gasteiger partial charge in [-0.15, -0.1) is 0 Å². The fraction of sp³-hybridized carbons (Fsp3) is 0.667. The lowest BCUT2D eigenvalue weighted by Gasteiger charge is -2.53. The van der Waals surface area contributed by atoms with Crippen molar-refractivity contribution in [1.82, 2.24) is 10.3 Å². The zero-order chi connectivity index (χ0) is 18.8. The van der Waals surface area contributed by atoms with Gasteiger partial charge in [-0.05, 0) is 38.3 Å². The summed E-state index contributed by atoms with van der Waals surface area (Å²) < 4.78 is 10.9.